The van der Waals surface area contributed by atoms with E-state index >= 15 is 0 Å². The van der Waals surface area contributed by atoms with E-state index in [0.29, 0.717) is 4.73 Å². The second-order valence-electron chi connectivity index (χ2n) is 6.03. The first kappa shape index (κ1) is 33.3. The van der Waals surface area contributed by atoms with E-state index in [2.05, 4.69) is 9.97 Å². The van der Waals surface area contributed by atoms with Gasteiger partial charge in [0, 0.05) is 0 Å². The van der Waals surface area contributed by atoms with Crippen molar-refractivity contribution in [3.8, 4) is 0 Å². The minimum atomic E-state index is -4.64. The molecule has 22 nitrogen and oxygen atoms in total. The van der Waals surface area contributed by atoms with Crippen LogP contribution in [0, 0.1) is 5.41 Å². The van der Waals surface area contributed by atoms with Gasteiger partial charge in [0.2, 0.25) is 0 Å². The lowest BCUT2D eigenvalue weighted by molar-refractivity contribution is -0.0511. The Hall–Kier alpha value is -1.68. The third-order valence-corrected chi connectivity index (χ3v) is 3.30. The number of phosphoric acid groups is 3. The van der Waals surface area contributed by atoms with E-state index in [1.54, 1.807) is 0 Å². The predicted octanol–water partition coefficient (Wildman–Crippen LogP) is -5.22. The molecule has 0 spiro atoms. The molecule has 35 heavy (non-hydrogen) atoms. The first-order chi connectivity index (χ1) is 15.5. The number of aromatic nitrogens is 4. The Kier molecular flexibility index (Phi) is 12.4. The van der Waals surface area contributed by atoms with Gasteiger partial charge < -0.3 is 69.3 Å². The maximum absolute atomic E-state index is 9.95. The van der Waals surface area contributed by atoms with Crippen molar-refractivity contribution < 1.29 is 83.0 Å². The highest BCUT2D eigenvalue weighted by Gasteiger charge is 2.43. The Bertz CT molecular complexity index is 1080. The fourth-order valence-corrected chi connectivity index (χ4v) is 2.22. The molecule has 0 amide bonds. The van der Waals surface area contributed by atoms with Gasteiger partial charge in [0.1, 0.15) is 24.6 Å². The highest BCUT2D eigenvalue weighted by molar-refractivity contribution is 7.45. The molecule has 204 valence electrons. The number of hydrogen-bond acceptors (Lipinski definition) is 11. The molecule has 0 aliphatic carbocycles. The molecule has 3 heterocycles. The van der Waals surface area contributed by atoms with Crippen LogP contribution in [0.25, 0.3) is 11.2 Å². The zero-order valence-electron chi connectivity index (χ0n) is 16.7. The molecule has 0 aromatic carbocycles. The molecule has 3 rings (SSSR count). The maximum Gasteiger partial charge on any atom is 0.466 e. The van der Waals surface area contributed by atoms with Crippen molar-refractivity contribution in [2.75, 3.05) is 6.61 Å². The lowest BCUT2D eigenvalue weighted by Gasteiger charge is -2.16. The first-order valence-corrected chi connectivity index (χ1v) is 12.9. The Morgan fingerprint density at radius 3 is 1.66 bits per heavy atom. The van der Waals surface area contributed by atoms with Crippen LogP contribution in [-0.4, -0.2) is 109 Å². The van der Waals surface area contributed by atoms with E-state index in [0.717, 1.165) is 6.33 Å². The normalized spacial score (nSPS) is 22.3. The molecule has 4 atom stereocenters. The molecule has 1 saturated heterocycles. The summed E-state index contributed by atoms with van der Waals surface area (Å²) in [4.78, 5) is 72.5. The average Bonchev–Trinajstić information content (AvgIpc) is 3.16. The summed E-state index contributed by atoms with van der Waals surface area (Å²) in [6, 6.07) is 0. The van der Waals surface area contributed by atoms with Crippen molar-refractivity contribution in [1.29, 1.82) is 5.41 Å². The van der Waals surface area contributed by atoms with E-state index in [1.807, 2.05) is 0 Å². The van der Waals surface area contributed by atoms with Crippen LogP contribution < -0.4 is 5.49 Å². The van der Waals surface area contributed by atoms with Crippen LogP contribution in [0.5, 0.6) is 0 Å². The number of aliphatic hydroxyl groups is 3. The fourth-order valence-electron chi connectivity index (χ4n) is 2.22. The van der Waals surface area contributed by atoms with Gasteiger partial charge in [0.25, 0.3) is 0 Å². The molecule has 1 aliphatic heterocycles. The first-order valence-electron chi connectivity index (χ1n) is 8.20. The summed E-state index contributed by atoms with van der Waals surface area (Å²) in [7, 11) is -13.9. The molecule has 2 aromatic rings. The van der Waals surface area contributed by atoms with Crippen LogP contribution in [0.2, 0.25) is 0 Å². The Morgan fingerprint density at radius 2 is 1.29 bits per heavy atom. The lowest BCUT2D eigenvalue weighted by atomic mass is 10.1. The third kappa shape index (κ3) is 13.8. The second-order valence-corrected chi connectivity index (χ2v) is 9.11. The quantitative estimate of drug-likeness (QED) is 0.117. The SMILES string of the molecule is N=c1c2ncn([C@@H]3O[C@H](CO)[C@@H](O)[C@H]3O)c2ncn1O.O=P(O)(O)O.O=P(O)(O)O.O=P(O)(O)O. The summed E-state index contributed by atoms with van der Waals surface area (Å²) in [6.07, 6.45) is -2.07. The highest BCUT2D eigenvalue weighted by Crippen LogP contribution is 2.30. The molecular formula is C10H22N5O17P3. The van der Waals surface area contributed by atoms with Gasteiger partial charge in [0.15, 0.2) is 22.9 Å². The number of nitrogens with one attached hydrogen (secondary N) is 1. The van der Waals surface area contributed by atoms with Gasteiger partial charge in [-0.05, 0) is 0 Å². The number of imidazole rings is 1. The van der Waals surface area contributed by atoms with Crippen LogP contribution in [0.15, 0.2) is 12.7 Å². The van der Waals surface area contributed by atoms with Gasteiger partial charge in [0.05, 0.1) is 12.9 Å². The van der Waals surface area contributed by atoms with E-state index < -0.39 is 54.6 Å². The lowest BCUT2D eigenvalue weighted by Crippen LogP contribution is -2.33. The average molecular weight is 577 g/mol. The summed E-state index contributed by atoms with van der Waals surface area (Å²) in [5, 5.41) is 45.7. The molecule has 1 aliphatic rings. The zero-order chi connectivity index (χ0) is 27.9. The maximum atomic E-state index is 9.95. The van der Waals surface area contributed by atoms with Crippen molar-refractivity contribution in [2.45, 2.75) is 24.5 Å². The van der Waals surface area contributed by atoms with Crippen LogP contribution >= 0.6 is 23.5 Å². The van der Waals surface area contributed by atoms with Crippen molar-refractivity contribution >= 4 is 34.6 Å². The summed E-state index contributed by atoms with van der Waals surface area (Å²) >= 11 is 0. The second kappa shape index (κ2) is 13.0. The van der Waals surface area contributed by atoms with E-state index in [9.17, 15) is 15.4 Å². The van der Waals surface area contributed by atoms with Gasteiger partial charge in [-0.1, -0.05) is 0 Å². The van der Waals surface area contributed by atoms with Crippen LogP contribution in [0.3, 0.4) is 0 Å². The minimum Gasteiger partial charge on any atom is -0.425 e. The summed E-state index contributed by atoms with van der Waals surface area (Å²) < 4.78 is 33.9. The number of nitrogens with zero attached hydrogens (tertiary/aromatic N) is 4. The Morgan fingerprint density at radius 1 is 0.857 bits per heavy atom. The smallest absolute Gasteiger partial charge is 0.425 e. The molecule has 2 aromatic heterocycles. The van der Waals surface area contributed by atoms with Crippen molar-refractivity contribution in [1.82, 2.24) is 19.3 Å². The van der Waals surface area contributed by atoms with Crippen LogP contribution in [-0.2, 0) is 18.4 Å². The topological polar surface area (TPSA) is 383 Å². The van der Waals surface area contributed by atoms with E-state index in [4.69, 9.17) is 73.0 Å². The van der Waals surface area contributed by atoms with Crippen molar-refractivity contribution in [2.24, 2.45) is 0 Å². The molecule has 0 saturated carbocycles. The molecule has 0 radical (unpaired) electrons. The highest BCUT2D eigenvalue weighted by atomic mass is 31.2. The largest absolute Gasteiger partial charge is 0.466 e. The third-order valence-electron chi connectivity index (χ3n) is 3.30. The molecule has 0 bridgehead atoms. The van der Waals surface area contributed by atoms with Gasteiger partial charge >= 0.3 is 23.5 Å². The van der Waals surface area contributed by atoms with Gasteiger partial charge in [-0.15, -0.1) is 0 Å². The molecular weight excluding hydrogens is 555 g/mol. The standard InChI is InChI=1S/C10H13N5O5.3H3O4P/c11-8-5-9(13-3-15(8)19)14(2-12-5)10-7(18)6(17)4(1-16)20-10;3*1-5(2,3)4/h2-4,6-7,10-11,16-19H,1H2;3*(H3,1,2,3,4)/t4-,6-,7-,10-;;;/m1.../s1. The number of fused-ring (bicyclic) bond motifs is 1. The molecule has 0 unspecified atom stereocenters. The minimum absolute atomic E-state index is 0.118. The zero-order valence-corrected chi connectivity index (χ0v) is 19.4. The number of rotatable bonds is 2. The van der Waals surface area contributed by atoms with Crippen LogP contribution in [0.1, 0.15) is 6.23 Å². The summed E-state index contributed by atoms with van der Waals surface area (Å²) in [5.41, 5.74) is 0.0726. The summed E-state index contributed by atoms with van der Waals surface area (Å²) in [6.45, 7) is -0.435. The predicted molar refractivity (Wildman–Crippen MR) is 104 cm³/mol. The number of aliphatic hydroxyl groups excluding tert-OH is 3. The molecule has 14 N–H and O–H groups in total. The van der Waals surface area contributed by atoms with Gasteiger partial charge in [-0.2, -0.15) is 4.73 Å². The van der Waals surface area contributed by atoms with Gasteiger partial charge in [-0.25, -0.2) is 23.7 Å². The number of hydrogen-bond donors (Lipinski definition) is 14. The molecule has 25 heteroatoms. The Labute approximate surface area is 192 Å². The van der Waals surface area contributed by atoms with Gasteiger partial charge in [-0.3, -0.25) is 9.98 Å². The van der Waals surface area contributed by atoms with Crippen LogP contribution in [0.4, 0.5) is 0 Å². The van der Waals surface area contributed by atoms with Crippen molar-refractivity contribution in [3.05, 3.63) is 18.1 Å². The fraction of sp³-hybridized carbons (Fsp3) is 0.500. The Balaban J connectivity index is 0.000000635. The van der Waals surface area contributed by atoms with Crippen molar-refractivity contribution in [3.63, 3.8) is 0 Å². The van der Waals surface area contributed by atoms with E-state index in [1.165, 1.54) is 10.9 Å². The van der Waals surface area contributed by atoms with E-state index in [-0.39, 0.29) is 16.7 Å². The molecule has 1 fully saturated rings. The number of ether oxygens (including phenoxy) is 1. The monoisotopic (exact) mass is 577 g/mol. The summed E-state index contributed by atoms with van der Waals surface area (Å²) in [5.74, 6) is 0.